The molecule has 0 aromatic heterocycles. The average molecular weight is 369 g/mol. The number of hydrogen-bond donors (Lipinski definition) is 2. The molecular weight excluding hydrogens is 351 g/mol. The number of halogens is 2. The molecule has 2 N–H and O–H groups in total. The SMILES string of the molecule is Fc1ccc(NC(=S)NCCCSCc2ccccc2)cc1Cl. The minimum atomic E-state index is -0.438. The van der Waals surface area contributed by atoms with Crippen LogP contribution in [0.15, 0.2) is 48.5 Å². The average Bonchev–Trinajstić information content (AvgIpc) is 2.55. The first-order valence-electron chi connectivity index (χ1n) is 7.27. The molecule has 0 amide bonds. The van der Waals surface area contributed by atoms with E-state index in [1.165, 1.54) is 17.7 Å². The van der Waals surface area contributed by atoms with Gasteiger partial charge in [0.15, 0.2) is 5.11 Å². The third kappa shape index (κ3) is 6.77. The number of nitrogens with one attached hydrogen (secondary N) is 2. The number of anilines is 1. The van der Waals surface area contributed by atoms with Crippen molar-refractivity contribution in [2.24, 2.45) is 0 Å². The van der Waals surface area contributed by atoms with Crippen LogP contribution in [-0.2, 0) is 5.75 Å². The van der Waals surface area contributed by atoms with Gasteiger partial charge in [0, 0.05) is 18.0 Å². The number of thiocarbonyl (C=S) groups is 1. The molecule has 0 aliphatic heterocycles. The lowest BCUT2D eigenvalue weighted by Crippen LogP contribution is -2.29. The normalized spacial score (nSPS) is 10.3. The zero-order chi connectivity index (χ0) is 16.5. The Balaban J connectivity index is 1.58. The fourth-order valence-electron chi connectivity index (χ4n) is 1.89. The van der Waals surface area contributed by atoms with Crippen LogP contribution in [0.25, 0.3) is 0 Å². The Kier molecular flexibility index (Phi) is 7.65. The van der Waals surface area contributed by atoms with Crippen molar-refractivity contribution in [2.75, 3.05) is 17.6 Å². The van der Waals surface area contributed by atoms with Crippen molar-refractivity contribution < 1.29 is 4.39 Å². The third-order valence-corrected chi connectivity index (χ3v) is 4.69. The van der Waals surface area contributed by atoms with E-state index in [0.717, 1.165) is 24.5 Å². The van der Waals surface area contributed by atoms with E-state index in [1.54, 1.807) is 6.07 Å². The summed E-state index contributed by atoms with van der Waals surface area (Å²) in [7, 11) is 0. The standard InChI is InChI=1S/C17H18ClFN2S2/c18-15-11-14(7-8-16(15)19)21-17(22)20-9-4-10-23-12-13-5-2-1-3-6-13/h1-3,5-8,11H,4,9-10,12H2,(H2,20,21,22). The molecule has 2 aromatic rings. The molecule has 6 heteroatoms. The lowest BCUT2D eigenvalue weighted by Gasteiger charge is -2.10. The van der Waals surface area contributed by atoms with Gasteiger partial charge in [-0.1, -0.05) is 41.9 Å². The topological polar surface area (TPSA) is 24.1 Å². The molecule has 0 atom stereocenters. The highest BCUT2D eigenvalue weighted by atomic mass is 35.5. The molecule has 0 heterocycles. The summed E-state index contributed by atoms with van der Waals surface area (Å²) in [6.07, 6.45) is 1.02. The first-order valence-corrected chi connectivity index (χ1v) is 9.21. The fourth-order valence-corrected chi connectivity index (χ4v) is 3.21. The van der Waals surface area contributed by atoms with E-state index in [2.05, 4.69) is 34.9 Å². The molecule has 0 aliphatic carbocycles. The molecule has 0 saturated carbocycles. The van der Waals surface area contributed by atoms with Crippen LogP contribution in [-0.4, -0.2) is 17.4 Å². The Morgan fingerprint density at radius 1 is 1.17 bits per heavy atom. The van der Waals surface area contributed by atoms with Gasteiger partial charge in [0.1, 0.15) is 5.82 Å². The lowest BCUT2D eigenvalue weighted by atomic mass is 10.2. The maximum atomic E-state index is 13.1. The van der Waals surface area contributed by atoms with Crippen LogP contribution in [0.4, 0.5) is 10.1 Å². The second-order valence-electron chi connectivity index (χ2n) is 4.90. The summed E-state index contributed by atoms with van der Waals surface area (Å²) in [6.45, 7) is 0.794. The Morgan fingerprint density at radius 2 is 1.96 bits per heavy atom. The monoisotopic (exact) mass is 368 g/mol. The van der Waals surface area contributed by atoms with Gasteiger partial charge in [-0.3, -0.25) is 0 Å². The molecule has 2 rings (SSSR count). The summed E-state index contributed by atoms with van der Waals surface area (Å²) in [6, 6.07) is 14.8. The van der Waals surface area contributed by atoms with Gasteiger partial charge >= 0.3 is 0 Å². The highest BCUT2D eigenvalue weighted by Gasteiger charge is 2.02. The van der Waals surface area contributed by atoms with Crippen molar-refractivity contribution in [1.82, 2.24) is 5.32 Å². The zero-order valence-electron chi connectivity index (χ0n) is 12.5. The van der Waals surface area contributed by atoms with Gasteiger partial charge < -0.3 is 10.6 Å². The second kappa shape index (κ2) is 9.75. The Morgan fingerprint density at radius 3 is 2.70 bits per heavy atom. The van der Waals surface area contributed by atoms with E-state index in [4.69, 9.17) is 23.8 Å². The molecule has 122 valence electrons. The van der Waals surface area contributed by atoms with Crippen LogP contribution in [0, 0.1) is 5.82 Å². The number of rotatable bonds is 7. The van der Waals surface area contributed by atoms with Crippen molar-refractivity contribution in [2.45, 2.75) is 12.2 Å². The van der Waals surface area contributed by atoms with Crippen LogP contribution < -0.4 is 10.6 Å². The van der Waals surface area contributed by atoms with E-state index in [1.807, 2.05) is 17.8 Å². The van der Waals surface area contributed by atoms with Gasteiger partial charge in [0.2, 0.25) is 0 Å². The maximum absolute atomic E-state index is 13.1. The van der Waals surface area contributed by atoms with Crippen LogP contribution >= 0.6 is 35.6 Å². The smallest absolute Gasteiger partial charge is 0.170 e. The number of hydrogen-bond acceptors (Lipinski definition) is 2. The highest BCUT2D eigenvalue weighted by molar-refractivity contribution is 7.98. The minimum absolute atomic E-state index is 0.0788. The minimum Gasteiger partial charge on any atom is -0.362 e. The summed E-state index contributed by atoms with van der Waals surface area (Å²) in [5.74, 6) is 1.65. The predicted molar refractivity (Wildman–Crippen MR) is 103 cm³/mol. The highest BCUT2D eigenvalue weighted by Crippen LogP contribution is 2.19. The summed E-state index contributed by atoms with van der Waals surface area (Å²) < 4.78 is 13.1. The molecule has 0 bridgehead atoms. The van der Waals surface area contributed by atoms with E-state index < -0.39 is 5.82 Å². The molecule has 0 aliphatic rings. The summed E-state index contributed by atoms with van der Waals surface area (Å²) in [5.41, 5.74) is 2.02. The zero-order valence-corrected chi connectivity index (χ0v) is 14.9. The Labute approximate surface area is 150 Å². The molecule has 0 spiro atoms. The lowest BCUT2D eigenvalue weighted by molar-refractivity contribution is 0.628. The molecular formula is C17H18ClFN2S2. The van der Waals surface area contributed by atoms with E-state index in [9.17, 15) is 4.39 Å². The van der Waals surface area contributed by atoms with Crippen LogP contribution in [0.2, 0.25) is 5.02 Å². The summed E-state index contributed by atoms with van der Waals surface area (Å²) >= 11 is 12.8. The van der Waals surface area contributed by atoms with Gasteiger partial charge in [-0.25, -0.2) is 4.39 Å². The van der Waals surface area contributed by atoms with Crippen molar-refractivity contribution in [3.05, 3.63) is 64.9 Å². The van der Waals surface area contributed by atoms with Crippen molar-refractivity contribution in [3.63, 3.8) is 0 Å². The quantitative estimate of drug-likeness (QED) is 0.525. The van der Waals surface area contributed by atoms with Crippen molar-refractivity contribution in [3.8, 4) is 0 Å². The van der Waals surface area contributed by atoms with Crippen LogP contribution in [0.3, 0.4) is 0 Å². The van der Waals surface area contributed by atoms with Gasteiger partial charge in [0.25, 0.3) is 0 Å². The first-order chi connectivity index (χ1) is 11.1. The molecule has 0 fully saturated rings. The number of thioether (sulfide) groups is 1. The summed E-state index contributed by atoms with van der Waals surface area (Å²) in [4.78, 5) is 0. The van der Waals surface area contributed by atoms with E-state index in [-0.39, 0.29) is 5.02 Å². The van der Waals surface area contributed by atoms with Crippen molar-refractivity contribution in [1.29, 1.82) is 0 Å². The second-order valence-corrected chi connectivity index (χ2v) is 6.82. The largest absolute Gasteiger partial charge is 0.362 e. The van der Waals surface area contributed by atoms with Crippen LogP contribution in [0.5, 0.6) is 0 Å². The summed E-state index contributed by atoms with van der Waals surface area (Å²) in [5, 5.41) is 6.72. The Hall–Kier alpha value is -1.30. The fraction of sp³-hybridized carbons (Fsp3) is 0.235. The number of benzene rings is 2. The Bertz CT molecular complexity index is 638. The first kappa shape index (κ1) is 18.0. The molecule has 0 saturated heterocycles. The predicted octanol–water partition coefficient (Wildman–Crippen LogP) is 5.09. The maximum Gasteiger partial charge on any atom is 0.170 e. The molecule has 0 radical (unpaired) electrons. The van der Waals surface area contributed by atoms with Gasteiger partial charge in [-0.05, 0) is 48.2 Å². The van der Waals surface area contributed by atoms with Crippen LogP contribution in [0.1, 0.15) is 12.0 Å². The van der Waals surface area contributed by atoms with E-state index >= 15 is 0 Å². The van der Waals surface area contributed by atoms with Gasteiger partial charge in [0.05, 0.1) is 5.02 Å². The molecule has 2 nitrogen and oxygen atoms in total. The van der Waals surface area contributed by atoms with E-state index in [0.29, 0.717) is 10.8 Å². The van der Waals surface area contributed by atoms with Crippen molar-refractivity contribution >= 4 is 46.4 Å². The molecule has 2 aromatic carbocycles. The third-order valence-electron chi connectivity index (χ3n) is 3.04. The van der Waals surface area contributed by atoms with Gasteiger partial charge in [-0.2, -0.15) is 11.8 Å². The molecule has 0 unspecified atom stereocenters. The molecule has 23 heavy (non-hydrogen) atoms. The van der Waals surface area contributed by atoms with Gasteiger partial charge in [-0.15, -0.1) is 0 Å².